The lowest BCUT2D eigenvalue weighted by molar-refractivity contribution is -0.122. The average molecular weight is 222 g/mol. The van der Waals surface area contributed by atoms with Crippen molar-refractivity contribution < 1.29 is 0 Å². The summed E-state index contributed by atoms with van der Waals surface area (Å²) in [5, 5.41) is 0. The van der Waals surface area contributed by atoms with Gasteiger partial charge in [0, 0.05) is 0 Å². The quantitative estimate of drug-likeness (QED) is 0.533. The Labute approximate surface area is 102 Å². The van der Waals surface area contributed by atoms with Crippen LogP contribution in [-0.2, 0) is 0 Å². The zero-order valence-corrected chi connectivity index (χ0v) is 12.1. The van der Waals surface area contributed by atoms with Crippen LogP contribution in [0.15, 0.2) is 0 Å². The average Bonchev–Trinajstić information content (AvgIpc) is 2.25. The summed E-state index contributed by atoms with van der Waals surface area (Å²) in [6.45, 7) is 15.1. The molecule has 2 fully saturated rings. The van der Waals surface area contributed by atoms with Crippen LogP contribution in [0.5, 0.6) is 0 Å². The summed E-state index contributed by atoms with van der Waals surface area (Å²) >= 11 is 0. The molecule has 0 aromatic carbocycles. The van der Waals surface area contributed by atoms with Gasteiger partial charge in [0.1, 0.15) is 0 Å². The van der Waals surface area contributed by atoms with Gasteiger partial charge < -0.3 is 0 Å². The molecular weight excluding hydrogens is 192 g/mol. The maximum atomic E-state index is 2.53. The Morgan fingerprint density at radius 3 is 1.31 bits per heavy atom. The van der Waals surface area contributed by atoms with Crippen molar-refractivity contribution in [2.75, 3.05) is 0 Å². The van der Waals surface area contributed by atoms with E-state index in [2.05, 4.69) is 41.5 Å². The highest BCUT2D eigenvalue weighted by molar-refractivity contribution is 5.03. The monoisotopic (exact) mass is 222 g/mol. The molecule has 0 nitrogen and oxygen atoms in total. The molecule has 2 rings (SSSR count). The Morgan fingerprint density at radius 2 is 1.00 bits per heavy atom. The molecule has 0 radical (unpaired) electrons. The van der Waals surface area contributed by atoms with Crippen LogP contribution in [0.4, 0.5) is 0 Å². The molecule has 0 heterocycles. The highest BCUT2D eigenvalue weighted by Gasteiger charge is 2.54. The minimum atomic E-state index is 0.556. The van der Waals surface area contributed by atoms with Crippen LogP contribution in [-0.4, -0.2) is 0 Å². The van der Waals surface area contributed by atoms with Gasteiger partial charge in [0.05, 0.1) is 0 Å². The lowest BCUT2D eigenvalue weighted by atomic mass is 9.44. The minimum absolute atomic E-state index is 0.556. The van der Waals surface area contributed by atoms with E-state index < -0.39 is 0 Å². The van der Waals surface area contributed by atoms with E-state index in [0.717, 1.165) is 23.7 Å². The highest BCUT2D eigenvalue weighted by Crippen LogP contribution is 2.62. The third-order valence-electron chi connectivity index (χ3n) is 6.77. The fraction of sp³-hybridized carbons (Fsp3) is 1.00. The first-order chi connectivity index (χ1) is 7.29. The molecule has 4 unspecified atom stereocenters. The summed E-state index contributed by atoms with van der Waals surface area (Å²) in [6.07, 6.45) is 5.92. The smallest absolute Gasteiger partial charge is 0.0295 e. The van der Waals surface area contributed by atoms with Crippen molar-refractivity contribution in [2.45, 2.75) is 67.2 Å². The molecule has 4 atom stereocenters. The first-order valence-corrected chi connectivity index (χ1v) is 7.29. The van der Waals surface area contributed by atoms with E-state index in [0.29, 0.717) is 10.8 Å². The summed E-state index contributed by atoms with van der Waals surface area (Å²) in [7, 11) is 0. The minimum Gasteiger partial charge on any atom is -0.0617 e. The third-order valence-corrected chi connectivity index (χ3v) is 6.77. The molecule has 94 valence electrons. The maximum absolute atomic E-state index is 2.53. The van der Waals surface area contributed by atoms with Crippen LogP contribution < -0.4 is 0 Å². The summed E-state index contributed by atoms with van der Waals surface area (Å²) in [5.41, 5.74) is 1.11. The molecule has 0 N–H and O–H groups in total. The van der Waals surface area contributed by atoms with Gasteiger partial charge >= 0.3 is 0 Å². The van der Waals surface area contributed by atoms with Gasteiger partial charge in [0.25, 0.3) is 0 Å². The number of rotatable bonds is 0. The second-order valence-electron chi connectivity index (χ2n) is 7.72. The van der Waals surface area contributed by atoms with Gasteiger partial charge in [-0.25, -0.2) is 0 Å². The number of fused-ring (bicyclic) bond motifs is 1. The summed E-state index contributed by atoms with van der Waals surface area (Å²) in [4.78, 5) is 0. The van der Waals surface area contributed by atoms with Crippen LogP contribution in [0, 0.1) is 34.5 Å². The van der Waals surface area contributed by atoms with Crippen LogP contribution in [0.25, 0.3) is 0 Å². The molecule has 0 bridgehead atoms. The van der Waals surface area contributed by atoms with E-state index in [4.69, 9.17) is 0 Å². The molecule has 0 aromatic rings. The molecule has 2 saturated carbocycles. The van der Waals surface area contributed by atoms with Gasteiger partial charge in [-0.1, -0.05) is 54.4 Å². The predicted octanol–water partition coefficient (Wildman–Crippen LogP) is 5.13. The highest BCUT2D eigenvalue weighted by atomic mass is 14.6. The van der Waals surface area contributed by atoms with Gasteiger partial charge in [0.15, 0.2) is 0 Å². The molecular formula is C16H30. The van der Waals surface area contributed by atoms with E-state index in [-0.39, 0.29) is 0 Å². The Bertz CT molecular complexity index is 233. The standard InChI is InChI=1S/C16H30/c1-11-12(2)16(5,6)14-10-8-7-9-13(14)15(11,3)4/h11-14H,7-10H2,1-6H3. The van der Waals surface area contributed by atoms with Gasteiger partial charge in [-0.05, 0) is 47.3 Å². The van der Waals surface area contributed by atoms with Crippen molar-refractivity contribution in [1.29, 1.82) is 0 Å². The van der Waals surface area contributed by atoms with Crippen LogP contribution in [0.2, 0.25) is 0 Å². The molecule has 16 heavy (non-hydrogen) atoms. The lowest BCUT2D eigenvalue weighted by Crippen LogP contribution is -2.54. The van der Waals surface area contributed by atoms with E-state index in [1.54, 1.807) is 0 Å². The van der Waals surface area contributed by atoms with Crippen molar-refractivity contribution in [2.24, 2.45) is 34.5 Å². The van der Waals surface area contributed by atoms with Gasteiger partial charge in [-0.15, -0.1) is 0 Å². The second-order valence-corrected chi connectivity index (χ2v) is 7.72. The molecule has 2 aliphatic carbocycles. The molecule has 0 saturated heterocycles. The molecule has 2 aliphatic rings. The van der Waals surface area contributed by atoms with E-state index in [1.807, 2.05) is 0 Å². The first kappa shape index (κ1) is 12.5. The predicted molar refractivity (Wildman–Crippen MR) is 71.3 cm³/mol. The maximum Gasteiger partial charge on any atom is -0.0295 e. The molecule has 0 spiro atoms. The molecule has 0 aromatic heterocycles. The molecule has 0 heteroatoms. The van der Waals surface area contributed by atoms with Gasteiger partial charge in [0.2, 0.25) is 0 Å². The van der Waals surface area contributed by atoms with Crippen LogP contribution in [0.3, 0.4) is 0 Å². The summed E-state index contributed by atoms with van der Waals surface area (Å²) < 4.78 is 0. The SMILES string of the molecule is CC1C(C)C(C)(C)C2CCCCC2C1(C)C. The van der Waals surface area contributed by atoms with Gasteiger partial charge in [-0.3, -0.25) is 0 Å². The topological polar surface area (TPSA) is 0 Å². The van der Waals surface area contributed by atoms with Crippen molar-refractivity contribution >= 4 is 0 Å². The Morgan fingerprint density at radius 1 is 0.688 bits per heavy atom. The van der Waals surface area contributed by atoms with Crippen molar-refractivity contribution in [3.8, 4) is 0 Å². The van der Waals surface area contributed by atoms with E-state index in [9.17, 15) is 0 Å². The Hall–Kier alpha value is 0. The Balaban J connectivity index is 2.37. The van der Waals surface area contributed by atoms with Gasteiger partial charge in [-0.2, -0.15) is 0 Å². The molecule has 0 amide bonds. The van der Waals surface area contributed by atoms with Crippen molar-refractivity contribution in [3.63, 3.8) is 0 Å². The van der Waals surface area contributed by atoms with Crippen molar-refractivity contribution in [3.05, 3.63) is 0 Å². The zero-order valence-electron chi connectivity index (χ0n) is 12.1. The zero-order chi connectivity index (χ0) is 12.1. The second kappa shape index (κ2) is 3.75. The summed E-state index contributed by atoms with van der Waals surface area (Å²) in [6, 6.07) is 0. The number of hydrogen-bond acceptors (Lipinski definition) is 0. The fourth-order valence-corrected chi connectivity index (χ4v) is 4.88. The van der Waals surface area contributed by atoms with Crippen LogP contribution >= 0.6 is 0 Å². The van der Waals surface area contributed by atoms with Crippen LogP contribution in [0.1, 0.15) is 67.2 Å². The Kier molecular flexibility index (Phi) is 2.92. The largest absolute Gasteiger partial charge is 0.0617 e. The van der Waals surface area contributed by atoms with Crippen molar-refractivity contribution in [1.82, 2.24) is 0 Å². The third kappa shape index (κ3) is 1.56. The first-order valence-electron chi connectivity index (χ1n) is 7.29. The fourth-order valence-electron chi connectivity index (χ4n) is 4.88. The van der Waals surface area contributed by atoms with E-state index >= 15 is 0 Å². The number of hydrogen-bond donors (Lipinski definition) is 0. The summed E-state index contributed by atoms with van der Waals surface area (Å²) in [5.74, 6) is 3.67. The lowest BCUT2D eigenvalue weighted by Gasteiger charge is -2.61. The molecule has 0 aliphatic heterocycles. The normalized spacial score (nSPS) is 46.1. The van der Waals surface area contributed by atoms with E-state index in [1.165, 1.54) is 25.7 Å².